The molecule has 0 aliphatic heterocycles. The van der Waals surface area contributed by atoms with Crippen LogP contribution >= 0.6 is 0 Å². The Morgan fingerprint density at radius 3 is 2.29 bits per heavy atom. The number of nitrogens with zero attached hydrogens (tertiary/aromatic N) is 2. The van der Waals surface area contributed by atoms with E-state index in [1.807, 2.05) is 6.92 Å². The molecule has 1 amide bonds. The van der Waals surface area contributed by atoms with Gasteiger partial charge in [0.2, 0.25) is 17.6 Å². The van der Waals surface area contributed by atoms with Crippen molar-refractivity contribution >= 4 is 27.3 Å². The van der Waals surface area contributed by atoms with Gasteiger partial charge in [0, 0.05) is 29.8 Å². The van der Waals surface area contributed by atoms with Crippen LogP contribution in [-0.2, 0) is 21.2 Å². The molecule has 0 aliphatic rings. The molecule has 1 aromatic heterocycles. The molecule has 35 heavy (non-hydrogen) atoms. The van der Waals surface area contributed by atoms with Gasteiger partial charge in [-0.05, 0) is 74.0 Å². The SMILES string of the molecule is Cc1ccc(S(=O)(=O)Nc2ccc(NC(=O)CCCc3nc(-c4ccc(F)cc4)no3)cc2)cc1. The van der Waals surface area contributed by atoms with Crippen LogP contribution < -0.4 is 10.0 Å². The molecular weight excluding hydrogens is 471 g/mol. The monoisotopic (exact) mass is 494 g/mol. The second-order valence-electron chi connectivity index (χ2n) is 7.92. The van der Waals surface area contributed by atoms with E-state index in [0.29, 0.717) is 41.5 Å². The second kappa shape index (κ2) is 10.5. The van der Waals surface area contributed by atoms with Crippen LogP contribution in [0.2, 0.25) is 0 Å². The largest absolute Gasteiger partial charge is 0.339 e. The van der Waals surface area contributed by atoms with E-state index in [1.165, 1.54) is 12.1 Å². The minimum atomic E-state index is -3.70. The summed E-state index contributed by atoms with van der Waals surface area (Å²) in [7, 11) is -3.70. The topological polar surface area (TPSA) is 114 Å². The summed E-state index contributed by atoms with van der Waals surface area (Å²) >= 11 is 0. The molecule has 0 spiro atoms. The first-order valence-corrected chi connectivity index (χ1v) is 12.3. The zero-order chi connectivity index (χ0) is 24.8. The highest BCUT2D eigenvalue weighted by molar-refractivity contribution is 7.92. The highest BCUT2D eigenvalue weighted by Gasteiger charge is 2.14. The summed E-state index contributed by atoms with van der Waals surface area (Å²) in [4.78, 5) is 16.7. The molecule has 0 aliphatic carbocycles. The zero-order valence-electron chi connectivity index (χ0n) is 18.9. The van der Waals surface area contributed by atoms with Gasteiger partial charge in [0.05, 0.1) is 4.90 Å². The van der Waals surface area contributed by atoms with Crippen LogP contribution in [0, 0.1) is 12.7 Å². The molecule has 0 saturated carbocycles. The molecule has 180 valence electrons. The zero-order valence-corrected chi connectivity index (χ0v) is 19.7. The summed E-state index contributed by atoms with van der Waals surface area (Å²) in [5.74, 6) is 0.211. The lowest BCUT2D eigenvalue weighted by Gasteiger charge is -2.10. The number of anilines is 2. The van der Waals surface area contributed by atoms with Gasteiger partial charge in [0.15, 0.2) is 0 Å². The molecule has 0 radical (unpaired) electrons. The Morgan fingerprint density at radius 2 is 1.60 bits per heavy atom. The van der Waals surface area contributed by atoms with Crippen LogP contribution in [0.1, 0.15) is 24.3 Å². The number of nitrogens with one attached hydrogen (secondary N) is 2. The van der Waals surface area contributed by atoms with Crippen LogP contribution in [0.15, 0.2) is 82.2 Å². The van der Waals surface area contributed by atoms with Crippen molar-refractivity contribution in [2.45, 2.75) is 31.1 Å². The quantitative estimate of drug-likeness (QED) is 0.340. The highest BCUT2D eigenvalue weighted by atomic mass is 32.2. The number of hydrogen-bond acceptors (Lipinski definition) is 6. The minimum Gasteiger partial charge on any atom is -0.339 e. The maximum atomic E-state index is 13.0. The number of carbonyl (C=O) groups is 1. The number of carbonyl (C=O) groups excluding carboxylic acids is 1. The normalized spacial score (nSPS) is 11.3. The molecule has 4 rings (SSSR count). The third kappa shape index (κ3) is 6.51. The smallest absolute Gasteiger partial charge is 0.261 e. The van der Waals surface area contributed by atoms with E-state index in [9.17, 15) is 17.6 Å². The Hall–Kier alpha value is -4.05. The number of halogens is 1. The average molecular weight is 495 g/mol. The summed E-state index contributed by atoms with van der Waals surface area (Å²) in [5.41, 5.74) is 2.54. The van der Waals surface area contributed by atoms with Crippen molar-refractivity contribution in [1.29, 1.82) is 0 Å². The molecule has 8 nitrogen and oxygen atoms in total. The number of sulfonamides is 1. The van der Waals surface area contributed by atoms with E-state index in [1.54, 1.807) is 60.7 Å². The summed E-state index contributed by atoms with van der Waals surface area (Å²) in [6.45, 7) is 1.88. The van der Waals surface area contributed by atoms with Gasteiger partial charge in [-0.1, -0.05) is 22.9 Å². The molecule has 0 bridgehead atoms. The van der Waals surface area contributed by atoms with Gasteiger partial charge in [-0.25, -0.2) is 12.8 Å². The average Bonchev–Trinajstić information content (AvgIpc) is 3.30. The van der Waals surface area contributed by atoms with Crippen LogP contribution in [0.25, 0.3) is 11.4 Å². The van der Waals surface area contributed by atoms with E-state index >= 15 is 0 Å². The van der Waals surface area contributed by atoms with Crippen molar-refractivity contribution in [2.75, 3.05) is 10.0 Å². The maximum absolute atomic E-state index is 13.0. The van der Waals surface area contributed by atoms with Crippen molar-refractivity contribution < 1.29 is 22.1 Å². The van der Waals surface area contributed by atoms with E-state index in [0.717, 1.165) is 5.56 Å². The van der Waals surface area contributed by atoms with Gasteiger partial charge in [0.25, 0.3) is 10.0 Å². The van der Waals surface area contributed by atoms with Crippen LogP contribution in [0.4, 0.5) is 15.8 Å². The van der Waals surface area contributed by atoms with Gasteiger partial charge < -0.3 is 9.84 Å². The van der Waals surface area contributed by atoms with Gasteiger partial charge in [-0.2, -0.15) is 4.98 Å². The fourth-order valence-electron chi connectivity index (χ4n) is 3.25. The third-order valence-electron chi connectivity index (χ3n) is 5.12. The van der Waals surface area contributed by atoms with Crippen molar-refractivity contribution in [3.05, 3.63) is 90.1 Å². The molecule has 2 N–H and O–H groups in total. The molecular formula is C25H23FN4O4S. The maximum Gasteiger partial charge on any atom is 0.261 e. The lowest BCUT2D eigenvalue weighted by Crippen LogP contribution is -2.13. The van der Waals surface area contributed by atoms with Crippen LogP contribution in [0.3, 0.4) is 0 Å². The first-order chi connectivity index (χ1) is 16.8. The summed E-state index contributed by atoms with van der Waals surface area (Å²) in [6.07, 6.45) is 1.14. The fraction of sp³-hybridized carbons (Fsp3) is 0.160. The van der Waals surface area contributed by atoms with Crippen molar-refractivity contribution in [3.63, 3.8) is 0 Å². The standard InChI is InChI=1S/C25H23FN4O4S/c1-17-5-15-22(16-6-17)35(32,33)30-21-13-11-20(12-14-21)27-23(31)3-2-4-24-28-25(29-34-24)18-7-9-19(26)10-8-18/h5-16,30H,2-4H2,1H3,(H,27,31). The number of amides is 1. The van der Waals surface area contributed by atoms with Crippen LogP contribution in [0.5, 0.6) is 0 Å². The first kappa shape index (κ1) is 24.1. The highest BCUT2D eigenvalue weighted by Crippen LogP contribution is 2.20. The van der Waals surface area contributed by atoms with E-state index in [4.69, 9.17) is 4.52 Å². The first-order valence-electron chi connectivity index (χ1n) is 10.9. The van der Waals surface area contributed by atoms with Crippen LogP contribution in [-0.4, -0.2) is 24.5 Å². The van der Waals surface area contributed by atoms with Gasteiger partial charge >= 0.3 is 0 Å². The summed E-state index contributed by atoms with van der Waals surface area (Å²) < 4.78 is 45.7. The molecule has 4 aromatic rings. The van der Waals surface area contributed by atoms with E-state index in [2.05, 4.69) is 20.2 Å². The number of rotatable bonds is 9. The summed E-state index contributed by atoms with van der Waals surface area (Å²) in [5, 5.41) is 6.65. The van der Waals surface area contributed by atoms with Gasteiger partial charge in [0.1, 0.15) is 5.82 Å². The Morgan fingerprint density at radius 1 is 0.943 bits per heavy atom. The number of benzene rings is 3. The van der Waals surface area contributed by atoms with Gasteiger partial charge in [-0.15, -0.1) is 0 Å². The lowest BCUT2D eigenvalue weighted by atomic mass is 10.2. The van der Waals surface area contributed by atoms with Crippen molar-refractivity contribution in [2.24, 2.45) is 0 Å². The molecule has 0 fully saturated rings. The van der Waals surface area contributed by atoms with Crippen molar-refractivity contribution in [3.8, 4) is 11.4 Å². The molecule has 0 saturated heterocycles. The molecule has 3 aromatic carbocycles. The van der Waals surface area contributed by atoms with E-state index in [-0.39, 0.29) is 23.0 Å². The number of hydrogen-bond donors (Lipinski definition) is 2. The lowest BCUT2D eigenvalue weighted by molar-refractivity contribution is -0.116. The minimum absolute atomic E-state index is 0.173. The molecule has 0 unspecified atom stereocenters. The predicted molar refractivity (Wildman–Crippen MR) is 130 cm³/mol. The Kier molecular flexibility index (Phi) is 7.21. The molecule has 1 heterocycles. The summed E-state index contributed by atoms with van der Waals surface area (Å²) in [6, 6.07) is 18.7. The number of aryl methyl sites for hydroxylation is 2. The third-order valence-corrected chi connectivity index (χ3v) is 6.51. The number of aromatic nitrogens is 2. The van der Waals surface area contributed by atoms with E-state index < -0.39 is 10.0 Å². The Bertz CT molecular complexity index is 1400. The molecule has 0 atom stereocenters. The Labute approximate surface area is 202 Å². The second-order valence-corrected chi connectivity index (χ2v) is 9.60. The fourth-order valence-corrected chi connectivity index (χ4v) is 4.31. The Balaban J connectivity index is 1.25. The predicted octanol–water partition coefficient (Wildman–Crippen LogP) is 4.95. The van der Waals surface area contributed by atoms with Gasteiger partial charge in [-0.3, -0.25) is 9.52 Å². The molecule has 10 heteroatoms. The van der Waals surface area contributed by atoms with Crippen molar-refractivity contribution in [1.82, 2.24) is 10.1 Å².